The summed E-state index contributed by atoms with van der Waals surface area (Å²) in [5, 5.41) is 6.56. The minimum absolute atomic E-state index is 0. The van der Waals surface area contributed by atoms with E-state index in [0.717, 1.165) is 41.6 Å². The summed E-state index contributed by atoms with van der Waals surface area (Å²) in [5.41, 5.74) is 2.21. The van der Waals surface area contributed by atoms with E-state index in [-0.39, 0.29) is 24.0 Å². The van der Waals surface area contributed by atoms with E-state index in [1.165, 1.54) is 0 Å². The number of pyridine rings is 1. The first-order chi connectivity index (χ1) is 12.7. The van der Waals surface area contributed by atoms with Gasteiger partial charge in [0.15, 0.2) is 17.5 Å². The predicted molar refractivity (Wildman–Crippen MR) is 118 cm³/mol. The molecule has 148 valence electrons. The van der Waals surface area contributed by atoms with Gasteiger partial charge in [-0.2, -0.15) is 0 Å². The minimum Gasteiger partial charge on any atom is -0.493 e. The fourth-order valence-corrected chi connectivity index (χ4v) is 2.40. The topological polar surface area (TPSA) is 77.0 Å². The zero-order valence-electron chi connectivity index (χ0n) is 16.1. The average molecular weight is 486 g/mol. The molecule has 2 N–H and O–H groups in total. The van der Waals surface area contributed by atoms with Gasteiger partial charge in [-0.15, -0.1) is 24.0 Å². The Labute approximate surface area is 177 Å². The maximum Gasteiger partial charge on any atom is 0.212 e. The van der Waals surface area contributed by atoms with E-state index in [9.17, 15) is 0 Å². The van der Waals surface area contributed by atoms with Crippen molar-refractivity contribution in [3.63, 3.8) is 0 Å². The van der Waals surface area contributed by atoms with Gasteiger partial charge >= 0.3 is 0 Å². The number of nitrogens with one attached hydrogen (secondary N) is 2. The number of benzene rings is 1. The minimum atomic E-state index is 0. The van der Waals surface area contributed by atoms with E-state index in [1.54, 1.807) is 34.6 Å². The van der Waals surface area contributed by atoms with Crippen molar-refractivity contribution >= 4 is 29.9 Å². The molecule has 8 heteroatoms. The fourth-order valence-electron chi connectivity index (χ4n) is 2.40. The lowest BCUT2D eigenvalue weighted by Crippen LogP contribution is -2.37. The van der Waals surface area contributed by atoms with Gasteiger partial charge in [0.2, 0.25) is 5.88 Å². The van der Waals surface area contributed by atoms with Crippen molar-refractivity contribution in [2.75, 3.05) is 34.9 Å². The van der Waals surface area contributed by atoms with Gasteiger partial charge in [0.25, 0.3) is 0 Å². The van der Waals surface area contributed by atoms with Crippen LogP contribution >= 0.6 is 24.0 Å². The zero-order valence-corrected chi connectivity index (χ0v) is 18.4. The highest BCUT2D eigenvalue weighted by molar-refractivity contribution is 14.0. The van der Waals surface area contributed by atoms with Crippen LogP contribution in [-0.2, 0) is 13.0 Å². The van der Waals surface area contributed by atoms with Crippen LogP contribution in [0.3, 0.4) is 0 Å². The molecule has 0 unspecified atom stereocenters. The van der Waals surface area contributed by atoms with Crippen LogP contribution in [0.1, 0.15) is 11.1 Å². The summed E-state index contributed by atoms with van der Waals surface area (Å²) >= 11 is 0. The van der Waals surface area contributed by atoms with E-state index >= 15 is 0 Å². The first-order valence-electron chi connectivity index (χ1n) is 8.34. The summed E-state index contributed by atoms with van der Waals surface area (Å²) in [6.07, 6.45) is 2.62. The van der Waals surface area contributed by atoms with Gasteiger partial charge in [0, 0.05) is 32.4 Å². The van der Waals surface area contributed by atoms with Crippen LogP contribution in [0.4, 0.5) is 0 Å². The molecule has 0 spiro atoms. The van der Waals surface area contributed by atoms with Crippen LogP contribution in [0.5, 0.6) is 17.4 Å². The van der Waals surface area contributed by atoms with E-state index < -0.39 is 0 Å². The summed E-state index contributed by atoms with van der Waals surface area (Å²) in [4.78, 5) is 8.42. The quantitative estimate of drug-likeness (QED) is 0.340. The molecule has 0 amide bonds. The van der Waals surface area contributed by atoms with Crippen molar-refractivity contribution in [2.24, 2.45) is 4.99 Å². The molecule has 0 saturated carbocycles. The van der Waals surface area contributed by atoms with Crippen molar-refractivity contribution in [1.29, 1.82) is 0 Å². The number of ether oxygens (including phenoxy) is 3. The Morgan fingerprint density at radius 3 is 2.30 bits per heavy atom. The van der Waals surface area contributed by atoms with Crippen LogP contribution < -0.4 is 24.8 Å². The fraction of sp³-hybridized carbons (Fsp3) is 0.368. The zero-order chi connectivity index (χ0) is 18.8. The molecule has 0 fully saturated rings. The van der Waals surface area contributed by atoms with E-state index in [4.69, 9.17) is 14.2 Å². The molecule has 0 atom stereocenters. The van der Waals surface area contributed by atoms with Crippen LogP contribution in [0.15, 0.2) is 41.5 Å². The second-order valence-corrected chi connectivity index (χ2v) is 5.50. The Kier molecular flexibility index (Phi) is 10.3. The SMILES string of the molecule is CN=C(NCCc1ccc(OC)c(OC)c1)NCc1ccc(OC)nc1.I. The van der Waals surface area contributed by atoms with Crippen molar-refractivity contribution < 1.29 is 14.2 Å². The summed E-state index contributed by atoms with van der Waals surface area (Å²) in [6, 6.07) is 9.74. The first-order valence-corrected chi connectivity index (χ1v) is 8.34. The van der Waals surface area contributed by atoms with Crippen molar-refractivity contribution in [3.8, 4) is 17.4 Å². The van der Waals surface area contributed by atoms with Crippen LogP contribution in [0, 0.1) is 0 Å². The summed E-state index contributed by atoms with van der Waals surface area (Å²) in [6.45, 7) is 1.38. The number of rotatable bonds is 8. The largest absolute Gasteiger partial charge is 0.493 e. The molecule has 1 aromatic heterocycles. The molecule has 0 aliphatic rings. The summed E-state index contributed by atoms with van der Waals surface area (Å²) < 4.78 is 15.6. The molecule has 27 heavy (non-hydrogen) atoms. The number of aromatic nitrogens is 1. The highest BCUT2D eigenvalue weighted by Crippen LogP contribution is 2.27. The highest BCUT2D eigenvalue weighted by atomic mass is 127. The number of methoxy groups -OCH3 is 3. The van der Waals surface area contributed by atoms with Gasteiger partial charge in [-0.05, 0) is 29.7 Å². The normalized spacial score (nSPS) is 10.6. The Hall–Kier alpha value is -2.23. The van der Waals surface area contributed by atoms with Crippen molar-refractivity contribution in [1.82, 2.24) is 15.6 Å². The Bertz CT molecular complexity index is 723. The second kappa shape index (κ2) is 12.2. The molecule has 0 aliphatic heterocycles. The smallest absolute Gasteiger partial charge is 0.212 e. The molecule has 0 saturated heterocycles. The van der Waals surface area contributed by atoms with E-state index in [0.29, 0.717) is 12.4 Å². The number of hydrogen-bond acceptors (Lipinski definition) is 5. The van der Waals surface area contributed by atoms with Gasteiger partial charge in [0.05, 0.1) is 21.3 Å². The third-order valence-electron chi connectivity index (χ3n) is 3.84. The highest BCUT2D eigenvalue weighted by Gasteiger charge is 2.05. The third-order valence-corrected chi connectivity index (χ3v) is 3.84. The van der Waals surface area contributed by atoms with Gasteiger partial charge < -0.3 is 24.8 Å². The maximum atomic E-state index is 5.33. The average Bonchev–Trinajstić information content (AvgIpc) is 2.70. The Morgan fingerprint density at radius 1 is 0.963 bits per heavy atom. The predicted octanol–water partition coefficient (Wildman–Crippen LogP) is 2.63. The first kappa shape index (κ1) is 22.8. The van der Waals surface area contributed by atoms with Crippen LogP contribution in [0.25, 0.3) is 0 Å². The van der Waals surface area contributed by atoms with Crippen LogP contribution in [0.2, 0.25) is 0 Å². The lowest BCUT2D eigenvalue weighted by atomic mass is 10.1. The molecule has 0 radical (unpaired) electrons. The molecular formula is C19H27IN4O3. The second-order valence-electron chi connectivity index (χ2n) is 5.50. The van der Waals surface area contributed by atoms with Gasteiger partial charge in [-0.1, -0.05) is 12.1 Å². The van der Waals surface area contributed by atoms with Gasteiger partial charge in [-0.3, -0.25) is 4.99 Å². The molecule has 2 rings (SSSR count). The number of guanidine groups is 1. The molecule has 2 aromatic rings. The number of aliphatic imine (C=N–C) groups is 1. The summed E-state index contributed by atoms with van der Waals surface area (Å²) in [7, 11) is 6.62. The molecule has 1 heterocycles. The Morgan fingerprint density at radius 2 is 1.70 bits per heavy atom. The molecule has 1 aromatic carbocycles. The van der Waals surface area contributed by atoms with Gasteiger partial charge in [-0.25, -0.2) is 4.98 Å². The molecule has 0 aliphatic carbocycles. The molecular weight excluding hydrogens is 459 g/mol. The molecule has 0 bridgehead atoms. The number of hydrogen-bond donors (Lipinski definition) is 2. The van der Waals surface area contributed by atoms with Crippen LogP contribution in [-0.4, -0.2) is 45.9 Å². The van der Waals surface area contributed by atoms with Crippen molar-refractivity contribution in [3.05, 3.63) is 47.7 Å². The lowest BCUT2D eigenvalue weighted by Gasteiger charge is -2.13. The lowest BCUT2D eigenvalue weighted by molar-refractivity contribution is 0.354. The number of halogens is 1. The monoisotopic (exact) mass is 486 g/mol. The number of nitrogens with zero attached hydrogens (tertiary/aromatic N) is 2. The molecule has 7 nitrogen and oxygen atoms in total. The summed E-state index contributed by atoms with van der Waals surface area (Å²) in [5.74, 6) is 2.81. The Balaban J connectivity index is 0.00000364. The maximum absolute atomic E-state index is 5.33. The third kappa shape index (κ3) is 7.12. The van der Waals surface area contributed by atoms with E-state index in [1.807, 2.05) is 30.3 Å². The van der Waals surface area contributed by atoms with Crippen molar-refractivity contribution in [2.45, 2.75) is 13.0 Å². The van der Waals surface area contributed by atoms with E-state index in [2.05, 4.69) is 20.6 Å². The van der Waals surface area contributed by atoms with Gasteiger partial charge in [0.1, 0.15) is 0 Å². The standard InChI is InChI=1S/C19H26N4O3.HI/c1-20-19(23-13-15-6-8-18(26-4)22-12-15)21-10-9-14-5-7-16(24-2)17(11-14)25-3;/h5-8,11-12H,9-10,13H2,1-4H3,(H2,20,21,23);1H.